The molecule has 1 heterocycles. The second kappa shape index (κ2) is 6.78. The van der Waals surface area contributed by atoms with E-state index in [0.717, 1.165) is 0 Å². The molecule has 0 atom stereocenters. The van der Waals surface area contributed by atoms with E-state index in [0.29, 0.717) is 26.2 Å². The SMILES string of the molecule is FC(F)(F)CN1CCNCC1.O=C(O)C(F)(F)F. The predicted octanol–water partition coefficient (Wildman–Crippen LogP) is 1.09. The zero-order valence-corrected chi connectivity index (χ0v) is 9.11. The third kappa shape index (κ3) is 9.05. The van der Waals surface area contributed by atoms with Gasteiger partial charge in [-0.25, -0.2) is 4.79 Å². The van der Waals surface area contributed by atoms with Crippen LogP contribution in [0.5, 0.6) is 0 Å². The normalized spacial score (nSPS) is 17.9. The fourth-order valence-corrected chi connectivity index (χ4v) is 1.12. The summed E-state index contributed by atoms with van der Waals surface area (Å²) in [5.74, 6) is -2.76. The molecule has 0 amide bonds. The summed E-state index contributed by atoms with van der Waals surface area (Å²) in [4.78, 5) is 10.3. The number of hydrogen-bond acceptors (Lipinski definition) is 3. The van der Waals surface area contributed by atoms with Gasteiger partial charge < -0.3 is 10.4 Å². The molecule has 0 radical (unpaired) electrons. The molecule has 0 aromatic heterocycles. The van der Waals surface area contributed by atoms with E-state index in [1.807, 2.05) is 0 Å². The molecule has 4 nitrogen and oxygen atoms in total. The lowest BCUT2D eigenvalue weighted by Gasteiger charge is -2.27. The number of carbonyl (C=O) groups is 1. The number of nitrogens with one attached hydrogen (secondary N) is 1. The Balaban J connectivity index is 0.000000360. The molecule has 1 saturated heterocycles. The highest BCUT2D eigenvalue weighted by Gasteiger charge is 2.38. The van der Waals surface area contributed by atoms with Gasteiger partial charge in [0.2, 0.25) is 0 Å². The average molecular weight is 282 g/mol. The van der Waals surface area contributed by atoms with Crippen molar-refractivity contribution in [1.29, 1.82) is 0 Å². The second-order valence-corrected chi connectivity index (χ2v) is 3.44. The zero-order valence-electron chi connectivity index (χ0n) is 9.11. The van der Waals surface area contributed by atoms with Crippen molar-refractivity contribution in [1.82, 2.24) is 10.2 Å². The summed E-state index contributed by atoms with van der Waals surface area (Å²) in [6.45, 7) is 1.56. The minimum atomic E-state index is -5.08. The van der Waals surface area contributed by atoms with Gasteiger partial charge >= 0.3 is 18.3 Å². The Bertz CT molecular complexity index is 259. The maximum Gasteiger partial charge on any atom is 0.490 e. The molecule has 0 aliphatic carbocycles. The van der Waals surface area contributed by atoms with Crippen molar-refractivity contribution in [3.63, 3.8) is 0 Å². The van der Waals surface area contributed by atoms with Crippen LogP contribution in [0.3, 0.4) is 0 Å². The maximum absolute atomic E-state index is 11.8. The maximum atomic E-state index is 11.8. The number of aliphatic carboxylic acids is 1. The van der Waals surface area contributed by atoms with Crippen molar-refractivity contribution in [3.05, 3.63) is 0 Å². The third-order valence-corrected chi connectivity index (χ3v) is 1.86. The van der Waals surface area contributed by atoms with E-state index in [9.17, 15) is 26.3 Å². The van der Waals surface area contributed by atoms with E-state index in [1.165, 1.54) is 4.90 Å². The summed E-state index contributed by atoms with van der Waals surface area (Å²) in [7, 11) is 0. The van der Waals surface area contributed by atoms with E-state index in [4.69, 9.17) is 9.90 Å². The molecule has 18 heavy (non-hydrogen) atoms. The van der Waals surface area contributed by atoms with E-state index < -0.39 is 24.9 Å². The Hall–Kier alpha value is -1.03. The summed E-state index contributed by atoms with van der Waals surface area (Å²) >= 11 is 0. The zero-order chi connectivity index (χ0) is 14.4. The van der Waals surface area contributed by atoms with Gasteiger partial charge in [-0.05, 0) is 0 Å². The number of rotatable bonds is 1. The second-order valence-electron chi connectivity index (χ2n) is 3.44. The monoisotopic (exact) mass is 282 g/mol. The molecule has 108 valence electrons. The van der Waals surface area contributed by atoms with E-state index >= 15 is 0 Å². The topological polar surface area (TPSA) is 52.6 Å². The van der Waals surface area contributed by atoms with Crippen LogP contribution in [-0.4, -0.2) is 61.1 Å². The first-order chi connectivity index (χ1) is 8.02. The number of halogens is 6. The van der Waals surface area contributed by atoms with Gasteiger partial charge in [-0.15, -0.1) is 0 Å². The molecule has 2 N–H and O–H groups in total. The lowest BCUT2D eigenvalue weighted by Crippen LogP contribution is -2.47. The van der Waals surface area contributed by atoms with E-state index in [-0.39, 0.29) is 0 Å². The molecule has 0 bridgehead atoms. The van der Waals surface area contributed by atoms with Crippen molar-refractivity contribution in [3.8, 4) is 0 Å². The Kier molecular flexibility index (Phi) is 6.39. The van der Waals surface area contributed by atoms with Gasteiger partial charge in [0, 0.05) is 26.2 Å². The molecule has 10 heteroatoms. The fraction of sp³-hybridized carbons (Fsp3) is 0.875. The number of carboxylic acid groups (broad SMARTS) is 1. The molecule has 1 aliphatic rings. The van der Waals surface area contributed by atoms with Crippen molar-refractivity contribution < 1.29 is 36.2 Å². The summed E-state index contributed by atoms with van der Waals surface area (Å²) < 4.78 is 67.1. The molecule has 0 aromatic rings. The number of carboxylic acids is 1. The molecule has 0 spiro atoms. The highest BCUT2D eigenvalue weighted by Crippen LogP contribution is 2.16. The van der Waals surface area contributed by atoms with Crippen LogP contribution >= 0.6 is 0 Å². The molecule has 0 saturated carbocycles. The number of hydrogen-bond donors (Lipinski definition) is 2. The lowest BCUT2D eigenvalue weighted by molar-refractivity contribution is -0.192. The van der Waals surface area contributed by atoms with Gasteiger partial charge in [-0.3, -0.25) is 4.90 Å². The summed E-state index contributed by atoms with van der Waals surface area (Å²) in [5, 5.41) is 10.1. The molecular weight excluding hydrogens is 270 g/mol. The van der Waals surface area contributed by atoms with Gasteiger partial charge in [0.1, 0.15) is 0 Å². The van der Waals surface area contributed by atoms with Crippen molar-refractivity contribution >= 4 is 5.97 Å². The third-order valence-electron chi connectivity index (χ3n) is 1.86. The van der Waals surface area contributed by atoms with E-state index in [1.54, 1.807) is 0 Å². The first kappa shape index (κ1) is 17.0. The Labute approximate surface area is 98.6 Å². The van der Waals surface area contributed by atoms with Gasteiger partial charge in [0.25, 0.3) is 0 Å². The van der Waals surface area contributed by atoms with Gasteiger partial charge in [0.05, 0.1) is 6.54 Å². The molecule has 0 unspecified atom stereocenters. The minimum absolute atomic E-state index is 0.500. The number of nitrogens with zero attached hydrogens (tertiary/aromatic N) is 1. The smallest absolute Gasteiger partial charge is 0.475 e. The standard InChI is InChI=1S/C6H11F3N2.C2HF3O2/c7-6(8,9)5-11-3-1-10-2-4-11;3-2(4,5)1(6)7/h10H,1-5H2;(H,6,7). The summed E-state index contributed by atoms with van der Waals surface area (Å²) in [6.07, 6.45) is -9.13. The van der Waals surface area contributed by atoms with Crippen molar-refractivity contribution in [2.75, 3.05) is 32.7 Å². The van der Waals surface area contributed by atoms with Crippen LogP contribution < -0.4 is 5.32 Å². The van der Waals surface area contributed by atoms with Crippen LogP contribution in [0.2, 0.25) is 0 Å². The molecule has 1 fully saturated rings. The first-order valence-corrected chi connectivity index (χ1v) is 4.82. The highest BCUT2D eigenvalue weighted by atomic mass is 19.4. The van der Waals surface area contributed by atoms with Gasteiger partial charge in [-0.1, -0.05) is 0 Å². The van der Waals surface area contributed by atoms with Crippen molar-refractivity contribution in [2.24, 2.45) is 0 Å². The van der Waals surface area contributed by atoms with Crippen LogP contribution in [0.1, 0.15) is 0 Å². The Morgan fingerprint density at radius 1 is 1.11 bits per heavy atom. The largest absolute Gasteiger partial charge is 0.490 e. The molecular formula is C8H12F6N2O2. The van der Waals surface area contributed by atoms with Gasteiger partial charge in [-0.2, -0.15) is 26.3 Å². The number of piperazine rings is 1. The van der Waals surface area contributed by atoms with Crippen LogP contribution in [0, 0.1) is 0 Å². The fourth-order valence-electron chi connectivity index (χ4n) is 1.12. The molecule has 1 aliphatic heterocycles. The Morgan fingerprint density at radius 3 is 1.78 bits per heavy atom. The van der Waals surface area contributed by atoms with Crippen molar-refractivity contribution in [2.45, 2.75) is 12.4 Å². The van der Waals surface area contributed by atoms with Crippen LogP contribution in [0.25, 0.3) is 0 Å². The minimum Gasteiger partial charge on any atom is -0.475 e. The van der Waals surface area contributed by atoms with Crippen LogP contribution in [0.4, 0.5) is 26.3 Å². The van der Waals surface area contributed by atoms with Gasteiger partial charge in [0.15, 0.2) is 0 Å². The first-order valence-electron chi connectivity index (χ1n) is 4.82. The molecule has 0 aromatic carbocycles. The molecule has 1 rings (SSSR count). The van der Waals surface area contributed by atoms with Crippen LogP contribution in [0.15, 0.2) is 0 Å². The predicted molar refractivity (Wildman–Crippen MR) is 49.1 cm³/mol. The Morgan fingerprint density at radius 2 is 1.50 bits per heavy atom. The number of alkyl halides is 6. The lowest BCUT2D eigenvalue weighted by atomic mass is 10.3. The van der Waals surface area contributed by atoms with E-state index in [2.05, 4.69) is 5.32 Å². The summed E-state index contributed by atoms with van der Waals surface area (Å²) in [6, 6.07) is 0. The van der Waals surface area contributed by atoms with Crippen LogP contribution in [-0.2, 0) is 4.79 Å². The quantitative estimate of drug-likeness (QED) is 0.707. The average Bonchev–Trinajstić information content (AvgIpc) is 2.15. The highest BCUT2D eigenvalue weighted by molar-refractivity contribution is 5.73. The summed E-state index contributed by atoms with van der Waals surface area (Å²) in [5.41, 5.74) is 0.